The summed E-state index contributed by atoms with van der Waals surface area (Å²) in [5, 5.41) is 11.5. The van der Waals surface area contributed by atoms with Crippen molar-refractivity contribution in [1.29, 1.82) is 0 Å². The molecule has 110 valence electrons. The molecule has 7 heteroatoms. The van der Waals surface area contributed by atoms with Gasteiger partial charge in [0.15, 0.2) is 0 Å². The summed E-state index contributed by atoms with van der Waals surface area (Å²) < 4.78 is 0. The van der Waals surface area contributed by atoms with Gasteiger partial charge >= 0.3 is 5.97 Å². The van der Waals surface area contributed by atoms with Crippen molar-refractivity contribution in [3.63, 3.8) is 0 Å². The molecular weight excluding hydrogens is 280 g/mol. The fraction of sp³-hybridized carbons (Fsp3) is 0.462. The van der Waals surface area contributed by atoms with E-state index in [0.29, 0.717) is 4.88 Å². The van der Waals surface area contributed by atoms with Crippen LogP contribution in [0.2, 0.25) is 0 Å². The van der Waals surface area contributed by atoms with E-state index < -0.39 is 17.4 Å². The highest BCUT2D eigenvalue weighted by atomic mass is 32.1. The van der Waals surface area contributed by atoms with Crippen molar-refractivity contribution >= 4 is 29.1 Å². The van der Waals surface area contributed by atoms with Crippen LogP contribution in [-0.2, 0) is 9.59 Å². The van der Waals surface area contributed by atoms with Crippen molar-refractivity contribution < 1.29 is 19.5 Å². The highest BCUT2D eigenvalue weighted by Gasteiger charge is 2.35. The Morgan fingerprint density at radius 2 is 1.95 bits per heavy atom. The molecule has 20 heavy (non-hydrogen) atoms. The molecule has 0 saturated carbocycles. The van der Waals surface area contributed by atoms with E-state index in [-0.39, 0.29) is 12.5 Å². The lowest BCUT2D eigenvalue weighted by atomic mass is 10.0. The van der Waals surface area contributed by atoms with Crippen molar-refractivity contribution in [1.82, 2.24) is 10.2 Å². The van der Waals surface area contributed by atoms with Gasteiger partial charge in [-0.1, -0.05) is 0 Å². The number of likely N-dealkylation sites (N-methyl/N-ethyl adjacent to an activating group) is 1. The van der Waals surface area contributed by atoms with Crippen molar-refractivity contribution in [2.24, 2.45) is 0 Å². The topological polar surface area (TPSA) is 86.7 Å². The highest BCUT2D eigenvalue weighted by Crippen LogP contribution is 2.15. The lowest BCUT2D eigenvalue weighted by molar-refractivity contribution is -0.154. The first-order valence-corrected chi connectivity index (χ1v) is 6.82. The van der Waals surface area contributed by atoms with E-state index in [4.69, 9.17) is 5.11 Å². The van der Waals surface area contributed by atoms with E-state index in [1.54, 1.807) is 6.07 Å². The molecule has 1 aromatic heterocycles. The summed E-state index contributed by atoms with van der Waals surface area (Å²) in [6.07, 6.45) is 0. The number of aliphatic carboxylic acids is 1. The molecule has 0 aliphatic carbocycles. The normalized spacial score (nSPS) is 11.0. The Balaban J connectivity index is 2.60. The zero-order valence-electron chi connectivity index (χ0n) is 11.9. The van der Waals surface area contributed by atoms with Gasteiger partial charge in [0.05, 0.1) is 11.4 Å². The van der Waals surface area contributed by atoms with E-state index in [9.17, 15) is 14.4 Å². The number of amides is 2. The van der Waals surface area contributed by atoms with Gasteiger partial charge in [0.1, 0.15) is 5.54 Å². The number of nitrogens with one attached hydrogen (secondary N) is 1. The Kier molecular flexibility index (Phi) is 4.88. The third kappa shape index (κ3) is 3.57. The monoisotopic (exact) mass is 298 g/mol. The molecule has 2 amide bonds. The van der Waals surface area contributed by atoms with Crippen molar-refractivity contribution in [3.8, 4) is 0 Å². The van der Waals surface area contributed by atoms with Crippen molar-refractivity contribution in [3.05, 3.63) is 21.9 Å². The Bertz CT molecular complexity index is 536. The summed E-state index contributed by atoms with van der Waals surface area (Å²) in [4.78, 5) is 37.4. The van der Waals surface area contributed by atoms with E-state index in [1.807, 2.05) is 13.0 Å². The summed E-state index contributed by atoms with van der Waals surface area (Å²) >= 11 is 1.34. The molecule has 0 aliphatic rings. The van der Waals surface area contributed by atoms with Gasteiger partial charge in [0, 0.05) is 11.9 Å². The van der Waals surface area contributed by atoms with Crippen LogP contribution in [0.15, 0.2) is 12.1 Å². The van der Waals surface area contributed by atoms with Crippen LogP contribution >= 0.6 is 11.3 Å². The number of thiophene rings is 1. The molecule has 2 N–H and O–H groups in total. The van der Waals surface area contributed by atoms with Gasteiger partial charge in [-0.05, 0) is 32.9 Å². The zero-order valence-corrected chi connectivity index (χ0v) is 12.7. The molecule has 1 rings (SSSR count). The lowest BCUT2D eigenvalue weighted by Gasteiger charge is -2.31. The number of carboxylic acid groups (broad SMARTS) is 1. The van der Waals surface area contributed by atoms with Crippen molar-refractivity contribution in [2.45, 2.75) is 26.3 Å². The second kappa shape index (κ2) is 6.04. The van der Waals surface area contributed by atoms with Crippen LogP contribution in [0.3, 0.4) is 0 Å². The zero-order chi connectivity index (χ0) is 15.5. The maximum absolute atomic E-state index is 11.9. The number of aryl methyl sites for hydroxylation is 1. The largest absolute Gasteiger partial charge is 0.480 e. The molecule has 1 aromatic rings. The van der Waals surface area contributed by atoms with Gasteiger partial charge in [-0.3, -0.25) is 9.59 Å². The van der Waals surface area contributed by atoms with Crippen LogP contribution in [0.25, 0.3) is 0 Å². The Morgan fingerprint density at radius 3 is 2.40 bits per heavy atom. The maximum Gasteiger partial charge on any atom is 0.329 e. The number of rotatable bonds is 5. The van der Waals surface area contributed by atoms with E-state index in [1.165, 1.54) is 32.2 Å². The minimum absolute atomic E-state index is 0.233. The summed E-state index contributed by atoms with van der Waals surface area (Å²) in [6.45, 7) is 4.51. The fourth-order valence-corrected chi connectivity index (χ4v) is 2.16. The molecule has 0 saturated heterocycles. The molecule has 0 aliphatic heterocycles. The Hall–Kier alpha value is -1.89. The van der Waals surface area contributed by atoms with Gasteiger partial charge in [0.2, 0.25) is 5.91 Å². The molecule has 0 unspecified atom stereocenters. The van der Waals surface area contributed by atoms with Crippen LogP contribution < -0.4 is 5.32 Å². The number of hydrogen-bond donors (Lipinski definition) is 2. The average molecular weight is 298 g/mol. The standard InChI is InChI=1S/C13H18N2O4S/c1-8-5-6-9(20-8)11(17)14-7-10(16)15(4)13(2,3)12(18)19/h5-6H,7H2,1-4H3,(H,14,17)(H,18,19). The maximum atomic E-state index is 11.9. The molecule has 0 bridgehead atoms. The number of hydrogen-bond acceptors (Lipinski definition) is 4. The number of nitrogens with zero attached hydrogens (tertiary/aromatic N) is 1. The quantitative estimate of drug-likeness (QED) is 0.852. The minimum Gasteiger partial charge on any atom is -0.480 e. The van der Waals surface area contributed by atoms with Gasteiger partial charge in [-0.15, -0.1) is 11.3 Å². The van der Waals surface area contributed by atoms with Crippen LogP contribution in [0.5, 0.6) is 0 Å². The molecule has 1 heterocycles. The molecule has 6 nitrogen and oxygen atoms in total. The SMILES string of the molecule is Cc1ccc(C(=O)NCC(=O)N(C)C(C)(C)C(=O)O)s1. The number of carboxylic acids is 1. The van der Waals surface area contributed by atoms with Gasteiger partial charge < -0.3 is 15.3 Å². The smallest absolute Gasteiger partial charge is 0.329 e. The number of carbonyl (C=O) groups excluding carboxylic acids is 2. The third-order valence-corrected chi connectivity index (χ3v) is 4.10. The van der Waals surface area contributed by atoms with Crippen LogP contribution in [-0.4, -0.2) is 46.9 Å². The van der Waals surface area contributed by atoms with Crippen LogP contribution in [0.4, 0.5) is 0 Å². The molecule has 0 atom stereocenters. The van der Waals surface area contributed by atoms with E-state index in [0.717, 1.165) is 9.78 Å². The Morgan fingerprint density at radius 1 is 1.35 bits per heavy atom. The average Bonchev–Trinajstić information content (AvgIpc) is 2.81. The predicted octanol–water partition coefficient (Wildman–Crippen LogP) is 1.11. The van der Waals surface area contributed by atoms with Gasteiger partial charge in [-0.25, -0.2) is 4.79 Å². The van der Waals surface area contributed by atoms with Crippen LogP contribution in [0.1, 0.15) is 28.4 Å². The molecule has 0 fully saturated rings. The fourth-order valence-electron chi connectivity index (χ4n) is 1.37. The van der Waals surface area contributed by atoms with Crippen molar-refractivity contribution in [2.75, 3.05) is 13.6 Å². The predicted molar refractivity (Wildman–Crippen MR) is 75.9 cm³/mol. The van der Waals surface area contributed by atoms with E-state index >= 15 is 0 Å². The first kappa shape index (κ1) is 16.2. The summed E-state index contributed by atoms with van der Waals surface area (Å²) in [7, 11) is 1.40. The van der Waals surface area contributed by atoms with Crippen LogP contribution in [0, 0.1) is 6.92 Å². The van der Waals surface area contributed by atoms with E-state index in [2.05, 4.69) is 5.32 Å². The summed E-state index contributed by atoms with van der Waals surface area (Å²) in [5.74, 6) is -1.90. The molecular formula is C13H18N2O4S. The molecule has 0 spiro atoms. The van der Waals surface area contributed by atoms with Gasteiger partial charge in [-0.2, -0.15) is 0 Å². The molecule has 0 radical (unpaired) electrons. The summed E-state index contributed by atoms with van der Waals surface area (Å²) in [5.41, 5.74) is -1.32. The first-order chi connectivity index (χ1) is 9.16. The second-order valence-electron chi connectivity index (χ2n) is 4.91. The highest BCUT2D eigenvalue weighted by molar-refractivity contribution is 7.13. The summed E-state index contributed by atoms with van der Waals surface area (Å²) in [6, 6.07) is 3.51. The Labute approximate surface area is 121 Å². The first-order valence-electron chi connectivity index (χ1n) is 6.01. The second-order valence-corrected chi connectivity index (χ2v) is 6.20. The third-order valence-electron chi connectivity index (χ3n) is 3.10. The minimum atomic E-state index is -1.32. The van der Waals surface area contributed by atoms with Gasteiger partial charge in [0.25, 0.3) is 5.91 Å². The molecule has 0 aromatic carbocycles. The lowest BCUT2D eigenvalue weighted by Crippen LogP contribution is -2.53. The number of carbonyl (C=O) groups is 3.